The molecule has 1 heterocycles. The molecule has 0 atom stereocenters. The molecule has 2 N–H and O–H groups in total. The fourth-order valence-electron chi connectivity index (χ4n) is 2.09. The summed E-state index contributed by atoms with van der Waals surface area (Å²) in [5.74, 6) is -1.36. The summed E-state index contributed by atoms with van der Waals surface area (Å²) < 4.78 is 25.4. The van der Waals surface area contributed by atoms with E-state index in [1.54, 1.807) is 24.3 Å². The first-order valence-electron chi connectivity index (χ1n) is 6.17. The Hall–Kier alpha value is -2.35. The van der Waals surface area contributed by atoms with Crippen molar-refractivity contribution in [2.24, 2.45) is 0 Å². The highest BCUT2D eigenvalue weighted by molar-refractivity contribution is 6.02. The molecule has 0 aliphatic carbocycles. The Balaban J connectivity index is 2.66. The number of alkyl halides is 2. The van der Waals surface area contributed by atoms with Crippen LogP contribution in [0.25, 0.3) is 10.9 Å². The molecule has 6 nitrogen and oxygen atoms in total. The average Bonchev–Trinajstić information content (AvgIpc) is 2.45. The van der Waals surface area contributed by atoms with Crippen molar-refractivity contribution >= 4 is 22.6 Å². The van der Waals surface area contributed by atoms with E-state index in [1.165, 1.54) is 0 Å². The smallest absolute Gasteiger partial charge is 0.358 e. The van der Waals surface area contributed by atoms with Crippen molar-refractivity contribution in [2.45, 2.75) is 6.43 Å². The molecule has 112 valence electrons. The number of halogens is 2. The van der Waals surface area contributed by atoms with Crippen LogP contribution >= 0.6 is 0 Å². The van der Waals surface area contributed by atoms with Crippen LogP contribution in [0.3, 0.4) is 0 Å². The molecule has 0 saturated carbocycles. The summed E-state index contributed by atoms with van der Waals surface area (Å²) in [5.41, 5.74) is 0.0277. The van der Waals surface area contributed by atoms with Gasteiger partial charge in [-0.25, -0.2) is 13.6 Å². The predicted molar refractivity (Wildman–Crippen MR) is 71.8 cm³/mol. The minimum atomic E-state index is -2.68. The van der Waals surface area contributed by atoms with Crippen LogP contribution in [0, 0.1) is 0 Å². The van der Waals surface area contributed by atoms with Gasteiger partial charge < -0.3 is 15.1 Å². The van der Waals surface area contributed by atoms with Gasteiger partial charge in [-0.2, -0.15) is 0 Å². The lowest BCUT2D eigenvalue weighted by Gasteiger charge is -2.25. The quantitative estimate of drug-likeness (QED) is 0.838. The van der Waals surface area contributed by atoms with Crippen LogP contribution in [0.2, 0.25) is 0 Å². The van der Waals surface area contributed by atoms with Crippen molar-refractivity contribution in [3.05, 3.63) is 30.0 Å². The summed E-state index contributed by atoms with van der Waals surface area (Å²) in [6, 6.07) is 6.53. The zero-order valence-electron chi connectivity index (χ0n) is 10.9. The van der Waals surface area contributed by atoms with Gasteiger partial charge in [0.05, 0.1) is 24.4 Å². The Labute approximate surface area is 118 Å². The number of benzene rings is 1. The molecule has 0 aliphatic rings. The topological polar surface area (TPSA) is 86.5 Å². The third kappa shape index (κ3) is 3.22. The first-order chi connectivity index (χ1) is 10.0. The van der Waals surface area contributed by atoms with Gasteiger partial charge in [0, 0.05) is 11.9 Å². The highest BCUT2D eigenvalue weighted by Gasteiger charge is 2.23. The van der Waals surface area contributed by atoms with Gasteiger partial charge >= 0.3 is 5.97 Å². The molecule has 0 aliphatic heterocycles. The second-order valence-corrected chi connectivity index (χ2v) is 4.28. The van der Waals surface area contributed by atoms with Crippen molar-refractivity contribution in [3.63, 3.8) is 0 Å². The number of carboxylic acid groups (broad SMARTS) is 1. The first-order valence-corrected chi connectivity index (χ1v) is 6.17. The van der Waals surface area contributed by atoms with Crippen LogP contribution in [0.5, 0.6) is 0 Å². The molecule has 0 unspecified atom stereocenters. The molecule has 8 heteroatoms. The van der Waals surface area contributed by atoms with Gasteiger partial charge in [-0.05, 0) is 6.07 Å². The van der Waals surface area contributed by atoms with Crippen LogP contribution in [-0.2, 0) is 0 Å². The second kappa shape index (κ2) is 6.40. The lowest BCUT2D eigenvalue weighted by molar-refractivity contribution is 0.0689. The number of rotatable bonds is 6. The predicted octanol–water partition coefficient (Wildman–Crippen LogP) is 1.39. The summed E-state index contributed by atoms with van der Waals surface area (Å²) in [7, 11) is 0. The van der Waals surface area contributed by atoms with E-state index in [-0.39, 0.29) is 18.8 Å². The molecule has 0 fully saturated rings. The lowest BCUT2D eigenvalue weighted by Crippen LogP contribution is -2.33. The van der Waals surface area contributed by atoms with Crippen molar-refractivity contribution < 1.29 is 23.8 Å². The lowest BCUT2D eigenvalue weighted by atomic mass is 10.1. The minimum absolute atomic E-state index is 0.0439. The number of aromatic nitrogens is 2. The van der Waals surface area contributed by atoms with E-state index >= 15 is 0 Å². The number of hydrogen-bond acceptors (Lipinski definition) is 5. The van der Waals surface area contributed by atoms with Crippen LogP contribution in [0.1, 0.15) is 10.5 Å². The Morgan fingerprint density at radius 3 is 2.62 bits per heavy atom. The van der Waals surface area contributed by atoms with Gasteiger partial charge in [-0.3, -0.25) is 0 Å². The van der Waals surface area contributed by atoms with Crippen LogP contribution in [0.15, 0.2) is 24.3 Å². The highest BCUT2D eigenvalue weighted by atomic mass is 19.3. The maximum Gasteiger partial charge on any atom is 0.358 e. The van der Waals surface area contributed by atoms with E-state index in [9.17, 15) is 18.7 Å². The summed E-state index contributed by atoms with van der Waals surface area (Å²) in [6.07, 6.45) is -2.68. The van der Waals surface area contributed by atoms with Gasteiger partial charge in [0.2, 0.25) is 0 Å². The van der Waals surface area contributed by atoms with Crippen molar-refractivity contribution in [3.8, 4) is 0 Å². The van der Waals surface area contributed by atoms with E-state index in [0.717, 1.165) is 4.90 Å². The first kappa shape index (κ1) is 15.0. The number of aliphatic hydroxyl groups excluding tert-OH is 1. The number of aromatic carboxylic acids is 1. The number of aliphatic hydroxyl groups is 1. The fourth-order valence-corrected chi connectivity index (χ4v) is 2.09. The van der Waals surface area contributed by atoms with Gasteiger partial charge in [0.1, 0.15) is 0 Å². The monoisotopic (exact) mass is 297 g/mol. The molecular weight excluding hydrogens is 284 g/mol. The summed E-state index contributed by atoms with van der Waals surface area (Å²) in [6.45, 7) is -1.21. The zero-order valence-corrected chi connectivity index (χ0v) is 10.9. The summed E-state index contributed by atoms with van der Waals surface area (Å²) in [5, 5.41) is 26.0. The van der Waals surface area contributed by atoms with E-state index in [0.29, 0.717) is 10.9 Å². The molecule has 0 spiro atoms. The summed E-state index contributed by atoms with van der Waals surface area (Å²) >= 11 is 0. The van der Waals surface area contributed by atoms with Crippen LogP contribution in [0.4, 0.5) is 14.5 Å². The Morgan fingerprint density at radius 1 is 1.29 bits per heavy atom. The molecule has 2 aromatic rings. The van der Waals surface area contributed by atoms with Crippen LogP contribution in [-0.4, -0.2) is 52.5 Å². The van der Waals surface area contributed by atoms with Gasteiger partial charge in [-0.1, -0.05) is 18.2 Å². The van der Waals surface area contributed by atoms with Gasteiger partial charge in [0.15, 0.2) is 5.69 Å². The normalized spacial score (nSPS) is 11.0. The molecule has 1 aromatic carbocycles. The number of anilines is 1. The van der Waals surface area contributed by atoms with Crippen molar-refractivity contribution in [1.29, 1.82) is 0 Å². The minimum Gasteiger partial charge on any atom is -0.476 e. The largest absolute Gasteiger partial charge is 0.476 e. The maximum absolute atomic E-state index is 12.7. The Bertz CT molecular complexity index is 652. The zero-order chi connectivity index (χ0) is 15.4. The van der Waals surface area contributed by atoms with Gasteiger partial charge in [0.25, 0.3) is 6.43 Å². The SMILES string of the molecule is O=C(O)c1nnc2ccccc2c1N(CCO)CC(F)F. The second-order valence-electron chi connectivity index (χ2n) is 4.28. The number of fused-ring (bicyclic) bond motifs is 1. The third-order valence-corrected chi connectivity index (χ3v) is 2.89. The number of nitrogens with zero attached hydrogens (tertiary/aromatic N) is 3. The van der Waals surface area contributed by atoms with E-state index in [1.807, 2.05) is 0 Å². The fraction of sp³-hybridized carbons (Fsp3) is 0.308. The van der Waals surface area contributed by atoms with Crippen molar-refractivity contribution in [2.75, 3.05) is 24.6 Å². The molecule has 21 heavy (non-hydrogen) atoms. The molecule has 0 amide bonds. The number of carbonyl (C=O) groups is 1. The highest BCUT2D eigenvalue weighted by Crippen LogP contribution is 2.28. The Morgan fingerprint density at radius 2 is 2.00 bits per heavy atom. The molecule has 1 aromatic heterocycles. The van der Waals surface area contributed by atoms with Gasteiger partial charge in [-0.15, -0.1) is 10.2 Å². The van der Waals surface area contributed by atoms with Crippen LogP contribution < -0.4 is 4.90 Å². The third-order valence-electron chi connectivity index (χ3n) is 2.89. The van der Waals surface area contributed by atoms with E-state index in [4.69, 9.17) is 5.11 Å². The molecule has 0 radical (unpaired) electrons. The number of carboxylic acids is 1. The molecular formula is C13H13F2N3O3. The molecule has 0 saturated heterocycles. The Kier molecular flexibility index (Phi) is 4.59. The van der Waals surface area contributed by atoms with E-state index < -0.39 is 24.6 Å². The number of hydrogen-bond donors (Lipinski definition) is 2. The standard InChI is InChI=1S/C13H13F2N3O3/c14-10(15)7-18(5-6-19)12-8-3-1-2-4-9(8)16-17-11(12)13(20)21/h1-4,10,19H,5-7H2,(H,20,21). The molecule has 0 bridgehead atoms. The summed E-state index contributed by atoms with van der Waals surface area (Å²) in [4.78, 5) is 12.4. The average molecular weight is 297 g/mol. The maximum atomic E-state index is 12.7. The van der Waals surface area contributed by atoms with E-state index in [2.05, 4.69) is 10.2 Å². The molecule has 2 rings (SSSR count). The van der Waals surface area contributed by atoms with Crippen molar-refractivity contribution in [1.82, 2.24) is 10.2 Å².